The van der Waals surface area contributed by atoms with Gasteiger partial charge in [-0.2, -0.15) is 0 Å². The lowest BCUT2D eigenvalue weighted by Crippen LogP contribution is -2.24. The minimum Gasteiger partial charge on any atom is -0.0622 e. The molecule has 2 bridgehead atoms. The molecule has 0 aromatic carbocycles. The molecule has 0 saturated heterocycles. The molecule has 0 aromatic rings. The topological polar surface area (TPSA) is 0 Å². The summed E-state index contributed by atoms with van der Waals surface area (Å²) in [7, 11) is 0. The van der Waals surface area contributed by atoms with Gasteiger partial charge in [0.05, 0.1) is 0 Å². The molecule has 80 valence electrons. The molecule has 0 radical (unpaired) electrons. The van der Waals surface area contributed by atoms with Crippen LogP contribution < -0.4 is 0 Å². The van der Waals surface area contributed by atoms with Gasteiger partial charge in [0.25, 0.3) is 0 Å². The first-order valence-corrected chi connectivity index (χ1v) is 6.56. The van der Waals surface area contributed by atoms with E-state index in [9.17, 15) is 0 Å². The summed E-state index contributed by atoms with van der Waals surface area (Å²) in [5.74, 6) is 6.16. The smallest absolute Gasteiger partial charge is 0.0235 e. The summed E-state index contributed by atoms with van der Waals surface area (Å²) in [4.78, 5) is 0. The van der Waals surface area contributed by atoms with E-state index in [2.05, 4.69) is 27.7 Å². The molecule has 0 N–H and O–H groups in total. The van der Waals surface area contributed by atoms with Gasteiger partial charge < -0.3 is 0 Å². The van der Waals surface area contributed by atoms with E-state index in [1.54, 1.807) is 12.8 Å². The molecule has 3 saturated carbocycles. The zero-order valence-corrected chi connectivity index (χ0v) is 10.1. The maximum Gasteiger partial charge on any atom is -0.0235 e. The highest BCUT2D eigenvalue weighted by molar-refractivity contribution is 5.14. The van der Waals surface area contributed by atoms with Crippen molar-refractivity contribution in [1.82, 2.24) is 0 Å². The van der Waals surface area contributed by atoms with Gasteiger partial charge in [-0.15, -0.1) is 0 Å². The summed E-state index contributed by atoms with van der Waals surface area (Å²) < 4.78 is 0. The highest BCUT2D eigenvalue weighted by Crippen LogP contribution is 2.73. The number of hydrogen-bond donors (Lipinski definition) is 0. The van der Waals surface area contributed by atoms with E-state index >= 15 is 0 Å². The first-order chi connectivity index (χ1) is 6.56. The van der Waals surface area contributed by atoms with Crippen LogP contribution in [0.5, 0.6) is 0 Å². The third-order valence-electron chi connectivity index (χ3n) is 6.50. The molecule has 14 heavy (non-hydrogen) atoms. The third-order valence-corrected chi connectivity index (χ3v) is 6.50. The molecule has 0 aromatic heterocycles. The molecule has 3 rings (SSSR count). The zero-order chi connectivity index (χ0) is 10.1. The predicted octanol–water partition coefficient (Wildman–Crippen LogP) is 3.96. The van der Waals surface area contributed by atoms with Crippen LogP contribution in [0.2, 0.25) is 0 Å². The summed E-state index contributed by atoms with van der Waals surface area (Å²) in [5, 5.41) is 0. The number of rotatable bonds is 0. The van der Waals surface area contributed by atoms with Crippen LogP contribution in [0.1, 0.15) is 47.0 Å². The quantitative estimate of drug-likeness (QED) is 0.545. The van der Waals surface area contributed by atoms with Crippen LogP contribution in [0.4, 0.5) is 0 Å². The van der Waals surface area contributed by atoms with Crippen LogP contribution in [0.25, 0.3) is 0 Å². The van der Waals surface area contributed by atoms with Gasteiger partial charge in [-0.05, 0) is 60.2 Å². The Labute approximate surface area is 88.5 Å². The number of fused-ring (bicyclic) bond motifs is 1. The highest BCUT2D eigenvalue weighted by atomic mass is 14.7. The van der Waals surface area contributed by atoms with Crippen LogP contribution in [-0.4, -0.2) is 0 Å². The fourth-order valence-corrected chi connectivity index (χ4v) is 4.98. The van der Waals surface area contributed by atoms with Crippen LogP contribution >= 0.6 is 0 Å². The van der Waals surface area contributed by atoms with Gasteiger partial charge >= 0.3 is 0 Å². The van der Waals surface area contributed by atoms with Gasteiger partial charge in [-0.1, -0.05) is 27.7 Å². The second-order valence-electron chi connectivity index (χ2n) is 6.72. The zero-order valence-electron chi connectivity index (χ0n) is 10.1. The predicted molar refractivity (Wildman–Crippen MR) is 59.9 cm³/mol. The van der Waals surface area contributed by atoms with Crippen LogP contribution in [0.15, 0.2) is 0 Å². The summed E-state index contributed by atoms with van der Waals surface area (Å²) >= 11 is 0. The van der Waals surface area contributed by atoms with Crippen molar-refractivity contribution in [3.05, 3.63) is 0 Å². The van der Waals surface area contributed by atoms with Gasteiger partial charge in [-0.3, -0.25) is 0 Å². The SMILES string of the molecule is CC1CC2CC23CC(C1C)C(C)C3C. The molecular weight excluding hydrogens is 168 g/mol. The van der Waals surface area contributed by atoms with E-state index in [0.29, 0.717) is 0 Å². The second-order valence-corrected chi connectivity index (χ2v) is 6.72. The van der Waals surface area contributed by atoms with Crippen molar-refractivity contribution < 1.29 is 0 Å². The van der Waals surface area contributed by atoms with Crippen molar-refractivity contribution in [3.63, 3.8) is 0 Å². The molecule has 0 amide bonds. The van der Waals surface area contributed by atoms with E-state index in [1.165, 1.54) is 6.42 Å². The Kier molecular flexibility index (Phi) is 1.70. The van der Waals surface area contributed by atoms with E-state index < -0.39 is 0 Å². The first kappa shape index (κ1) is 9.24. The first-order valence-electron chi connectivity index (χ1n) is 6.56. The van der Waals surface area contributed by atoms with Crippen molar-refractivity contribution in [1.29, 1.82) is 0 Å². The molecule has 1 spiro atoms. The largest absolute Gasteiger partial charge is 0.0622 e. The lowest BCUT2D eigenvalue weighted by molar-refractivity contribution is 0.183. The average molecular weight is 192 g/mol. The Hall–Kier alpha value is 0. The normalized spacial score (nSPS) is 66.0. The minimum atomic E-state index is 0.836. The van der Waals surface area contributed by atoms with Crippen LogP contribution in [0, 0.1) is 40.9 Å². The second kappa shape index (κ2) is 2.57. The summed E-state index contributed by atoms with van der Waals surface area (Å²) in [5.41, 5.74) is 0.836. The Bertz CT molecular complexity index is 253. The monoisotopic (exact) mass is 192 g/mol. The molecule has 7 atom stereocenters. The Morgan fingerprint density at radius 1 is 0.929 bits per heavy atom. The Balaban J connectivity index is 1.95. The standard InChI is InChI=1S/C14H24/c1-8-5-12-6-14(12)7-13(9(8)2)10(3)11(14)4/h8-13H,5-7H2,1-4H3. The highest BCUT2D eigenvalue weighted by Gasteiger charge is 2.65. The van der Waals surface area contributed by atoms with Gasteiger partial charge in [0, 0.05) is 0 Å². The molecule has 0 aliphatic heterocycles. The third kappa shape index (κ3) is 0.907. The Morgan fingerprint density at radius 3 is 2.36 bits per heavy atom. The molecule has 3 aliphatic rings. The molecule has 0 nitrogen and oxygen atoms in total. The van der Waals surface area contributed by atoms with Crippen molar-refractivity contribution in [3.8, 4) is 0 Å². The summed E-state index contributed by atoms with van der Waals surface area (Å²) in [6, 6.07) is 0. The summed E-state index contributed by atoms with van der Waals surface area (Å²) in [6.07, 6.45) is 4.69. The fourth-order valence-electron chi connectivity index (χ4n) is 4.98. The minimum absolute atomic E-state index is 0.836. The molecule has 0 heterocycles. The van der Waals surface area contributed by atoms with Gasteiger partial charge in [0.1, 0.15) is 0 Å². The lowest BCUT2D eigenvalue weighted by atomic mass is 9.75. The molecule has 3 fully saturated rings. The summed E-state index contributed by atoms with van der Waals surface area (Å²) in [6.45, 7) is 10.1. The van der Waals surface area contributed by atoms with Crippen molar-refractivity contribution in [2.45, 2.75) is 47.0 Å². The molecule has 3 aliphatic carbocycles. The molecule has 7 unspecified atom stereocenters. The van der Waals surface area contributed by atoms with Gasteiger partial charge in [0.15, 0.2) is 0 Å². The fraction of sp³-hybridized carbons (Fsp3) is 1.00. The van der Waals surface area contributed by atoms with E-state index in [1.807, 2.05) is 0 Å². The van der Waals surface area contributed by atoms with E-state index in [0.717, 1.165) is 40.9 Å². The maximum absolute atomic E-state index is 2.54. The molecule has 0 heteroatoms. The van der Waals surface area contributed by atoms with E-state index in [4.69, 9.17) is 0 Å². The van der Waals surface area contributed by atoms with Gasteiger partial charge in [-0.25, -0.2) is 0 Å². The van der Waals surface area contributed by atoms with E-state index in [-0.39, 0.29) is 0 Å². The number of hydrogen-bond acceptors (Lipinski definition) is 0. The van der Waals surface area contributed by atoms with Crippen molar-refractivity contribution in [2.24, 2.45) is 40.9 Å². The lowest BCUT2D eigenvalue weighted by Gasteiger charge is -2.30. The Morgan fingerprint density at radius 2 is 1.64 bits per heavy atom. The van der Waals surface area contributed by atoms with Gasteiger partial charge in [0.2, 0.25) is 0 Å². The maximum atomic E-state index is 2.54. The van der Waals surface area contributed by atoms with Crippen LogP contribution in [-0.2, 0) is 0 Å². The van der Waals surface area contributed by atoms with Crippen LogP contribution in [0.3, 0.4) is 0 Å². The van der Waals surface area contributed by atoms with Crippen molar-refractivity contribution in [2.75, 3.05) is 0 Å². The average Bonchev–Trinajstić information content (AvgIpc) is 2.79. The van der Waals surface area contributed by atoms with Crippen molar-refractivity contribution >= 4 is 0 Å². The molecular formula is C14H24.